The van der Waals surface area contributed by atoms with Crippen molar-refractivity contribution in [2.24, 2.45) is 5.92 Å². The Morgan fingerprint density at radius 1 is 1.10 bits per heavy atom. The second-order valence-electron chi connectivity index (χ2n) is 5.84. The maximum absolute atomic E-state index is 9.89. The van der Waals surface area contributed by atoms with Gasteiger partial charge in [-0.3, -0.25) is 0 Å². The summed E-state index contributed by atoms with van der Waals surface area (Å²) in [6.45, 7) is 14.8. The zero-order valence-corrected chi connectivity index (χ0v) is 14.7. The molecule has 0 aliphatic carbocycles. The molecule has 21 heavy (non-hydrogen) atoms. The first-order chi connectivity index (χ1) is 10.2. The fourth-order valence-corrected chi connectivity index (χ4v) is 2.37. The highest BCUT2D eigenvalue weighted by atomic mass is 16.5. The summed E-state index contributed by atoms with van der Waals surface area (Å²) in [6.07, 6.45) is 4.53. The monoisotopic (exact) mass is 302 g/mol. The molecular formula is C17H38N2O2. The summed E-state index contributed by atoms with van der Waals surface area (Å²) >= 11 is 0. The Bertz CT molecular complexity index is 211. The molecule has 2 unspecified atom stereocenters. The van der Waals surface area contributed by atoms with E-state index in [1.54, 1.807) is 0 Å². The number of nitrogens with one attached hydrogen (secondary N) is 1. The minimum Gasteiger partial charge on any atom is -0.389 e. The molecule has 128 valence electrons. The molecule has 4 heteroatoms. The first-order valence-corrected chi connectivity index (χ1v) is 8.86. The van der Waals surface area contributed by atoms with Crippen LogP contribution in [0.3, 0.4) is 0 Å². The van der Waals surface area contributed by atoms with Gasteiger partial charge in [0, 0.05) is 26.2 Å². The molecule has 0 saturated carbocycles. The Balaban J connectivity index is 3.54. The smallest absolute Gasteiger partial charge is 0.0897 e. The van der Waals surface area contributed by atoms with Gasteiger partial charge < -0.3 is 20.1 Å². The van der Waals surface area contributed by atoms with Crippen LogP contribution in [0.5, 0.6) is 0 Å². The number of rotatable bonds is 15. The lowest BCUT2D eigenvalue weighted by Gasteiger charge is -2.19. The fourth-order valence-electron chi connectivity index (χ4n) is 2.37. The minimum atomic E-state index is -0.398. The molecular weight excluding hydrogens is 264 g/mol. The SMILES string of the molecule is CCCCC(CC)COCC(O)CNCCN(CC)CC. The molecule has 0 rings (SSSR count). The maximum atomic E-state index is 9.89. The van der Waals surface area contributed by atoms with Crippen LogP contribution in [-0.2, 0) is 4.74 Å². The summed E-state index contributed by atoms with van der Waals surface area (Å²) in [4.78, 5) is 2.37. The van der Waals surface area contributed by atoms with E-state index in [0.29, 0.717) is 19.1 Å². The molecule has 0 bridgehead atoms. The number of aliphatic hydroxyl groups excluding tert-OH is 1. The van der Waals surface area contributed by atoms with Crippen molar-refractivity contribution in [3.05, 3.63) is 0 Å². The molecule has 2 atom stereocenters. The van der Waals surface area contributed by atoms with Crippen molar-refractivity contribution < 1.29 is 9.84 Å². The van der Waals surface area contributed by atoms with Crippen LogP contribution in [0.1, 0.15) is 53.4 Å². The van der Waals surface area contributed by atoms with Crippen LogP contribution in [0.25, 0.3) is 0 Å². The number of hydrogen-bond donors (Lipinski definition) is 2. The van der Waals surface area contributed by atoms with Gasteiger partial charge in [-0.15, -0.1) is 0 Å². The van der Waals surface area contributed by atoms with Crippen molar-refractivity contribution in [3.8, 4) is 0 Å². The van der Waals surface area contributed by atoms with E-state index in [2.05, 4.69) is 37.9 Å². The van der Waals surface area contributed by atoms with Crippen LogP contribution in [0.15, 0.2) is 0 Å². The van der Waals surface area contributed by atoms with Crippen LogP contribution >= 0.6 is 0 Å². The summed E-state index contributed by atoms with van der Waals surface area (Å²) < 4.78 is 5.67. The maximum Gasteiger partial charge on any atom is 0.0897 e. The summed E-state index contributed by atoms with van der Waals surface area (Å²) in [5, 5.41) is 13.2. The van der Waals surface area contributed by atoms with Crippen LogP contribution < -0.4 is 5.32 Å². The van der Waals surface area contributed by atoms with Gasteiger partial charge in [-0.2, -0.15) is 0 Å². The molecule has 0 fully saturated rings. The van der Waals surface area contributed by atoms with Gasteiger partial charge in [0.2, 0.25) is 0 Å². The van der Waals surface area contributed by atoms with Crippen molar-refractivity contribution in [2.75, 3.05) is 45.9 Å². The third-order valence-corrected chi connectivity index (χ3v) is 4.09. The molecule has 2 N–H and O–H groups in total. The molecule has 0 amide bonds. The highest BCUT2D eigenvalue weighted by Crippen LogP contribution is 2.12. The number of nitrogens with zero attached hydrogens (tertiary/aromatic N) is 1. The molecule has 0 aromatic rings. The topological polar surface area (TPSA) is 44.7 Å². The van der Waals surface area contributed by atoms with Crippen molar-refractivity contribution in [1.29, 1.82) is 0 Å². The first kappa shape index (κ1) is 20.8. The Morgan fingerprint density at radius 3 is 2.38 bits per heavy atom. The normalized spacial score (nSPS) is 14.6. The lowest BCUT2D eigenvalue weighted by Crippen LogP contribution is -2.36. The third kappa shape index (κ3) is 12.1. The lowest BCUT2D eigenvalue weighted by molar-refractivity contribution is 0.0192. The first-order valence-electron chi connectivity index (χ1n) is 8.86. The highest BCUT2D eigenvalue weighted by molar-refractivity contribution is 4.62. The molecule has 0 aliphatic rings. The largest absolute Gasteiger partial charge is 0.389 e. The van der Waals surface area contributed by atoms with Crippen molar-refractivity contribution >= 4 is 0 Å². The van der Waals surface area contributed by atoms with Crippen LogP contribution in [-0.4, -0.2) is 62.0 Å². The minimum absolute atomic E-state index is 0.398. The van der Waals surface area contributed by atoms with E-state index < -0.39 is 6.10 Å². The summed E-state index contributed by atoms with van der Waals surface area (Å²) in [7, 11) is 0. The number of aliphatic hydroxyl groups is 1. The van der Waals surface area contributed by atoms with Crippen LogP contribution in [0.2, 0.25) is 0 Å². The standard InChI is InChI=1S/C17H38N2O2/c1-5-9-10-16(6-2)14-21-15-17(20)13-18-11-12-19(7-3)8-4/h16-18,20H,5-15H2,1-4H3. The average Bonchev–Trinajstić information content (AvgIpc) is 2.50. The van der Waals surface area contributed by atoms with Gasteiger partial charge in [0.1, 0.15) is 0 Å². The predicted molar refractivity (Wildman–Crippen MR) is 90.8 cm³/mol. The van der Waals surface area contributed by atoms with Crippen LogP contribution in [0.4, 0.5) is 0 Å². The highest BCUT2D eigenvalue weighted by Gasteiger charge is 2.09. The Morgan fingerprint density at radius 2 is 1.81 bits per heavy atom. The summed E-state index contributed by atoms with van der Waals surface area (Å²) in [6, 6.07) is 0. The van der Waals surface area contributed by atoms with Crippen molar-refractivity contribution in [1.82, 2.24) is 10.2 Å². The Kier molecular flexibility index (Phi) is 14.7. The van der Waals surface area contributed by atoms with E-state index in [1.165, 1.54) is 19.3 Å². The molecule has 0 spiro atoms. The molecule has 4 nitrogen and oxygen atoms in total. The Labute approximate surface area is 132 Å². The second kappa shape index (κ2) is 14.8. The Hall–Kier alpha value is -0.160. The molecule has 0 aromatic carbocycles. The van der Waals surface area contributed by atoms with Crippen molar-refractivity contribution in [3.63, 3.8) is 0 Å². The number of unbranched alkanes of at least 4 members (excludes halogenated alkanes) is 1. The third-order valence-electron chi connectivity index (χ3n) is 4.09. The number of hydrogen-bond acceptors (Lipinski definition) is 4. The van der Waals surface area contributed by atoms with E-state index in [4.69, 9.17) is 4.74 Å². The van der Waals surface area contributed by atoms with E-state index in [-0.39, 0.29) is 0 Å². The van der Waals surface area contributed by atoms with Gasteiger partial charge in [-0.05, 0) is 25.4 Å². The average molecular weight is 303 g/mol. The summed E-state index contributed by atoms with van der Waals surface area (Å²) in [5.41, 5.74) is 0. The molecule has 0 radical (unpaired) electrons. The fraction of sp³-hybridized carbons (Fsp3) is 1.00. The summed E-state index contributed by atoms with van der Waals surface area (Å²) in [5.74, 6) is 0.646. The molecule has 0 aliphatic heterocycles. The molecule has 0 aromatic heterocycles. The van der Waals surface area contributed by atoms with Gasteiger partial charge >= 0.3 is 0 Å². The quantitative estimate of drug-likeness (QED) is 0.456. The number of ether oxygens (including phenoxy) is 1. The number of likely N-dealkylation sites (N-methyl/N-ethyl adjacent to an activating group) is 1. The zero-order valence-electron chi connectivity index (χ0n) is 14.7. The van der Waals surface area contributed by atoms with Gasteiger partial charge in [0.25, 0.3) is 0 Å². The zero-order chi connectivity index (χ0) is 15.9. The second-order valence-corrected chi connectivity index (χ2v) is 5.84. The van der Waals surface area contributed by atoms with E-state index in [1.807, 2.05) is 0 Å². The predicted octanol–water partition coefficient (Wildman–Crippen LogP) is 2.51. The van der Waals surface area contributed by atoms with Crippen LogP contribution in [0, 0.1) is 5.92 Å². The van der Waals surface area contributed by atoms with Gasteiger partial charge in [-0.25, -0.2) is 0 Å². The van der Waals surface area contributed by atoms with E-state index in [0.717, 1.165) is 39.2 Å². The molecule has 0 heterocycles. The van der Waals surface area contributed by atoms with Crippen molar-refractivity contribution in [2.45, 2.75) is 59.5 Å². The molecule has 0 saturated heterocycles. The van der Waals surface area contributed by atoms with E-state index in [9.17, 15) is 5.11 Å². The van der Waals surface area contributed by atoms with Gasteiger partial charge in [0.15, 0.2) is 0 Å². The van der Waals surface area contributed by atoms with E-state index >= 15 is 0 Å². The lowest BCUT2D eigenvalue weighted by atomic mass is 10.0. The van der Waals surface area contributed by atoms with Gasteiger partial charge in [0.05, 0.1) is 12.7 Å². The van der Waals surface area contributed by atoms with Gasteiger partial charge in [-0.1, -0.05) is 47.0 Å².